The van der Waals surface area contributed by atoms with Crippen molar-refractivity contribution in [1.29, 1.82) is 0 Å². The molecule has 0 aromatic heterocycles. The van der Waals surface area contributed by atoms with Gasteiger partial charge in [0, 0.05) is 6.54 Å². The molecule has 4 atom stereocenters. The van der Waals surface area contributed by atoms with E-state index in [1.807, 2.05) is 6.92 Å². The average molecular weight is 273 g/mol. The summed E-state index contributed by atoms with van der Waals surface area (Å²) >= 11 is 0. The first-order chi connectivity index (χ1) is 9.02. The Labute approximate surface area is 111 Å². The summed E-state index contributed by atoms with van der Waals surface area (Å²) < 4.78 is 10.6. The maximum Gasteiger partial charge on any atom is 0.332 e. The maximum absolute atomic E-state index is 12.3. The fourth-order valence-electron chi connectivity index (χ4n) is 2.42. The number of hydrogen-bond acceptors (Lipinski definition) is 5. The molecule has 2 aliphatic rings. The van der Waals surface area contributed by atoms with Gasteiger partial charge in [0.25, 0.3) is 5.91 Å². The van der Waals surface area contributed by atoms with Gasteiger partial charge in [0.05, 0.1) is 25.4 Å². The molecule has 2 saturated heterocycles. The molecule has 7 nitrogen and oxygen atoms in total. The van der Waals surface area contributed by atoms with Gasteiger partial charge in [0.1, 0.15) is 6.10 Å². The van der Waals surface area contributed by atoms with E-state index in [2.05, 4.69) is 0 Å². The normalized spacial score (nSPS) is 35.4. The zero-order valence-corrected chi connectivity index (χ0v) is 10.8. The van der Waals surface area contributed by atoms with Crippen LogP contribution in [0.15, 0.2) is 0 Å². The fraction of sp³-hybridized carbons (Fsp3) is 0.833. The highest BCUT2D eigenvalue weighted by molar-refractivity contribution is 5.83. The Morgan fingerprint density at radius 1 is 1.32 bits per heavy atom. The van der Waals surface area contributed by atoms with E-state index in [1.165, 1.54) is 0 Å². The van der Waals surface area contributed by atoms with Gasteiger partial charge in [0.2, 0.25) is 0 Å². The minimum Gasteiger partial charge on any atom is -0.479 e. The van der Waals surface area contributed by atoms with Crippen LogP contribution >= 0.6 is 0 Å². The SMILES string of the molecule is CC1COC(CO)CN1C(=O)C1CCC(C(=O)O)O1. The highest BCUT2D eigenvalue weighted by Crippen LogP contribution is 2.23. The number of nitrogens with zero attached hydrogens (tertiary/aromatic N) is 1. The van der Waals surface area contributed by atoms with Gasteiger partial charge in [-0.05, 0) is 19.8 Å². The van der Waals surface area contributed by atoms with E-state index in [4.69, 9.17) is 19.7 Å². The van der Waals surface area contributed by atoms with Crippen molar-refractivity contribution in [3.05, 3.63) is 0 Å². The lowest BCUT2D eigenvalue weighted by Gasteiger charge is -2.38. The van der Waals surface area contributed by atoms with Crippen LogP contribution in [0.25, 0.3) is 0 Å². The molecule has 0 bridgehead atoms. The molecule has 0 radical (unpaired) electrons. The monoisotopic (exact) mass is 273 g/mol. The number of hydrogen-bond donors (Lipinski definition) is 2. The Morgan fingerprint density at radius 3 is 2.58 bits per heavy atom. The van der Waals surface area contributed by atoms with Gasteiger partial charge in [-0.15, -0.1) is 0 Å². The highest BCUT2D eigenvalue weighted by Gasteiger charge is 2.39. The number of amides is 1. The lowest BCUT2D eigenvalue weighted by molar-refractivity contribution is -0.162. The second kappa shape index (κ2) is 5.85. The van der Waals surface area contributed by atoms with Crippen LogP contribution in [0.5, 0.6) is 0 Å². The van der Waals surface area contributed by atoms with Crippen LogP contribution in [0.1, 0.15) is 19.8 Å². The van der Waals surface area contributed by atoms with Crippen LogP contribution in [0.2, 0.25) is 0 Å². The average Bonchev–Trinajstić information content (AvgIpc) is 2.88. The molecule has 0 aromatic carbocycles. The molecule has 4 unspecified atom stereocenters. The van der Waals surface area contributed by atoms with E-state index in [9.17, 15) is 9.59 Å². The number of aliphatic carboxylic acids is 1. The molecule has 2 heterocycles. The second-order valence-electron chi connectivity index (χ2n) is 5.01. The van der Waals surface area contributed by atoms with E-state index in [-0.39, 0.29) is 24.7 Å². The Balaban J connectivity index is 1.97. The van der Waals surface area contributed by atoms with Gasteiger partial charge >= 0.3 is 5.97 Å². The van der Waals surface area contributed by atoms with E-state index in [0.717, 1.165) is 0 Å². The minimum absolute atomic E-state index is 0.0946. The first-order valence-electron chi connectivity index (χ1n) is 6.44. The number of carboxylic acid groups (broad SMARTS) is 1. The van der Waals surface area contributed by atoms with E-state index in [0.29, 0.717) is 26.0 Å². The molecule has 1 amide bonds. The first kappa shape index (κ1) is 14.2. The van der Waals surface area contributed by atoms with Crippen LogP contribution in [-0.4, -0.2) is 71.1 Å². The quantitative estimate of drug-likeness (QED) is 0.700. The van der Waals surface area contributed by atoms with E-state index in [1.54, 1.807) is 4.90 Å². The predicted molar refractivity (Wildman–Crippen MR) is 63.5 cm³/mol. The molecule has 7 heteroatoms. The summed E-state index contributed by atoms with van der Waals surface area (Å²) in [4.78, 5) is 24.7. The molecule has 2 rings (SSSR count). The van der Waals surface area contributed by atoms with E-state index < -0.39 is 18.2 Å². The molecule has 0 spiro atoms. The molecular formula is C12H19NO6. The van der Waals surface area contributed by atoms with Gasteiger partial charge in [-0.1, -0.05) is 0 Å². The largest absolute Gasteiger partial charge is 0.479 e. The van der Waals surface area contributed by atoms with Crippen molar-refractivity contribution in [2.75, 3.05) is 19.8 Å². The number of carbonyl (C=O) groups is 2. The van der Waals surface area contributed by atoms with Crippen LogP contribution in [0, 0.1) is 0 Å². The van der Waals surface area contributed by atoms with Gasteiger partial charge in [0.15, 0.2) is 6.10 Å². The predicted octanol–water partition coefficient (Wildman–Crippen LogP) is -0.773. The molecule has 0 saturated carbocycles. The van der Waals surface area contributed by atoms with Crippen molar-refractivity contribution in [2.24, 2.45) is 0 Å². The Morgan fingerprint density at radius 2 is 2.00 bits per heavy atom. The Kier molecular flexibility index (Phi) is 4.38. The number of aliphatic hydroxyl groups excluding tert-OH is 1. The molecule has 2 N–H and O–H groups in total. The Bertz CT molecular complexity index is 360. The zero-order chi connectivity index (χ0) is 14.0. The van der Waals surface area contributed by atoms with Gasteiger partial charge in [-0.3, -0.25) is 4.79 Å². The van der Waals surface area contributed by atoms with Crippen LogP contribution in [0.4, 0.5) is 0 Å². The number of carbonyl (C=O) groups excluding carboxylic acids is 1. The lowest BCUT2D eigenvalue weighted by Crippen LogP contribution is -2.54. The Hall–Kier alpha value is -1.18. The summed E-state index contributed by atoms with van der Waals surface area (Å²) in [5.74, 6) is -1.24. The van der Waals surface area contributed by atoms with Crippen molar-refractivity contribution >= 4 is 11.9 Å². The molecule has 0 aromatic rings. The van der Waals surface area contributed by atoms with E-state index >= 15 is 0 Å². The molecule has 2 fully saturated rings. The summed E-state index contributed by atoms with van der Waals surface area (Å²) in [6.45, 7) is 2.40. The van der Waals surface area contributed by atoms with Crippen molar-refractivity contribution in [1.82, 2.24) is 4.90 Å². The first-order valence-corrected chi connectivity index (χ1v) is 6.44. The van der Waals surface area contributed by atoms with Crippen LogP contribution in [0.3, 0.4) is 0 Å². The standard InChI is InChI=1S/C12H19NO6/c1-7-6-18-8(5-14)4-13(7)11(15)9-2-3-10(19-9)12(16)17/h7-10,14H,2-6H2,1H3,(H,16,17). The third kappa shape index (κ3) is 3.05. The summed E-state index contributed by atoms with van der Waals surface area (Å²) in [6, 6.07) is -0.0946. The minimum atomic E-state index is -1.03. The number of morpholine rings is 1. The number of carboxylic acids is 1. The highest BCUT2D eigenvalue weighted by atomic mass is 16.5. The summed E-state index contributed by atoms with van der Waals surface area (Å²) in [6.07, 6.45) is -1.19. The second-order valence-corrected chi connectivity index (χ2v) is 5.01. The summed E-state index contributed by atoms with van der Waals surface area (Å²) in [7, 11) is 0. The number of ether oxygens (including phenoxy) is 2. The summed E-state index contributed by atoms with van der Waals surface area (Å²) in [5.41, 5.74) is 0. The molecule has 2 aliphatic heterocycles. The number of rotatable bonds is 3. The molecule has 19 heavy (non-hydrogen) atoms. The van der Waals surface area contributed by atoms with Gasteiger partial charge < -0.3 is 24.6 Å². The van der Waals surface area contributed by atoms with Crippen molar-refractivity contribution in [3.63, 3.8) is 0 Å². The van der Waals surface area contributed by atoms with Crippen molar-refractivity contribution in [3.8, 4) is 0 Å². The van der Waals surface area contributed by atoms with Crippen molar-refractivity contribution < 1.29 is 29.3 Å². The van der Waals surface area contributed by atoms with Crippen molar-refractivity contribution in [2.45, 2.75) is 44.1 Å². The smallest absolute Gasteiger partial charge is 0.332 e. The van der Waals surface area contributed by atoms with Crippen LogP contribution < -0.4 is 0 Å². The third-order valence-electron chi connectivity index (χ3n) is 3.56. The topological polar surface area (TPSA) is 96.3 Å². The fourth-order valence-corrected chi connectivity index (χ4v) is 2.42. The van der Waals surface area contributed by atoms with Gasteiger partial charge in [-0.2, -0.15) is 0 Å². The summed E-state index contributed by atoms with van der Waals surface area (Å²) in [5, 5.41) is 17.9. The van der Waals surface area contributed by atoms with Gasteiger partial charge in [-0.25, -0.2) is 4.79 Å². The number of aliphatic hydroxyl groups is 1. The molecular weight excluding hydrogens is 254 g/mol. The molecule has 108 valence electrons. The lowest BCUT2D eigenvalue weighted by atomic mass is 10.1. The van der Waals surface area contributed by atoms with Crippen LogP contribution in [-0.2, 0) is 19.1 Å². The molecule has 0 aliphatic carbocycles. The third-order valence-corrected chi connectivity index (χ3v) is 3.56. The zero-order valence-electron chi connectivity index (χ0n) is 10.8. The maximum atomic E-state index is 12.3.